The number of benzene rings is 2. The number of halogens is 1. The minimum absolute atomic E-state index is 0.0135. The summed E-state index contributed by atoms with van der Waals surface area (Å²) < 4.78 is 20.9. The highest BCUT2D eigenvalue weighted by molar-refractivity contribution is 5.91. The summed E-state index contributed by atoms with van der Waals surface area (Å²) in [5.74, 6) is -0.460. The number of nitrogens with zero attached hydrogens (tertiary/aromatic N) is 2. The van der Waals surface area contributed by atoms with E-state index in [9.17, 15) is 14.0 Å². The van der Waals surface area contributed by atoms with E-state index in [-0.39, 0.29) is 23.6 Å². The van der Waals surface area contributed by atoms with E-state index in [2.05, 4.69) is 10.4 Å². The molecular weight excluding hydrogens is 409 g/mol. The highest BCUT2D eigenvalue weighted by Gasteiger charge is 2.25. The number of anilines is 1. The first-order valence-electron chi connectivity index (χ1n) is 10.6. The Morgan fingerprint density at radius 2 is 1.78 bits per heavy atom. The number of hydrogen-bond donors (Lipinski definition) is 1. The van der Waals surface area contributed by atoms with Crippen molar-refractivity contribution in [2.75, 3.05) is 5.32 Å². The van der Waals surface area contributed by atoms with E-state index >= 15 is 0 Å². The number of ether oxygens (including phenoxy) is 1. The topological polar surface area (TPSA) is 73.2 Å². The van der Waals surface area contributed by atoms with Crippen molar-refractivity contribution in [1.29, 1.82) is 0 Å². The van der Waals surface area contributed by atoms with Gasteiger partial charge in [-0.2, -0.15) is 9.78 Å². The van der Waals surface area contributed by atoms with Crippen molar-refractivity contribution < 1.29 is 18.7 Å². The molecule has 1 aromatic heterocycles. The third kappa shape index (κ3) is 5.41. The number of rotatable bonds is 7. The van der Waals surface area contributed by atoms with Gasteiger partial charge < -0.3 is 10.1 Å². The van der Waals surface area contributed by atoms with E-state index in [0.717, 1.165) is 5.56 Å². The number of carbonyl (C=O) groups excluding carboxylic acids is 2. The van der Waals surface area contributed by atoms with Gasteiger partial charge in [-0.25, -0.2) is 4.39 Å². The van der Waals surface area contributed by atoms with E-state index in [1.54, 1.807) is 24.3 Å². The fraction of sp³-hybridized carbons (Fsp3) is 0.320. The third-order valence-corrected chi connectivity index (χ3v) is 4.76. The van der Waals surface area contributed by atoms with Crippen molar-refractivity contribution in [2.24, 2.45) is 5.92 Å². The summed E-state index contributed by atoms with van der Waals surface area (Å²) in [5.41, 5.74) is 3.26. The van der Waals surface area contributed by atoms with Crippen LogP contribution < -0.4 is 10.1 Å². The first kappa shape index (κ1) is 23.2. The first-order chi connectivity index (χ1) is 15.2. The van der Waals surface area contributed by atoms with Gasteiger partial charge in [-0.05, 0) is 47.7 Å². The molecule has 0 atom stereocenters. The van der Waals surface area contributed by atoms with Gasteiger partial charge >= 0.3 is 5.97 Å². The third-order valence-electron chi connectivity index (χ3n) is 4.76. The van der Waals surface area contributed by atoms with Crippen LogP contribution >= 0.6 is 0 Å². The molecule has 1 heterocycles. The smallest absolute Gasteiger partial charge is 0.309 e. The van der Waals surface area contributed by atoms with Crippen LogP contribution in [-0.4, -0.2) is 21.7 Å². The van der Waals surface area contributed by atoms with Crippen LogP contribution in [0.2, 0.25) is 0 Å². The molecule has 0 bridgehead atoms. The molecule has 0 aliphatic heterocycles. The molecule has 0 unspecified atom stereocenters. The van der Waals surface area contributed by atoms with Gasteiger partial charge in [-0.3, -0.25) is 9.59 Å². The molecule has 0 fully saturated rings. The molecule has 3 aromatic rings. The molecule has 0 saturated carbocycles. The van der Waals surface area contributed by atoms with Crippen molar-refractivity contribution in [2.45, 2.75) is 47.0 Å². The van der Waals surface area contributed by atoms with Crippen molar-refractivity contribution in [3.05, 3.63) is 60.0 Å². The lowest BCUT2D eigenvalue weighted by Crippen LogP contribution is -2.13. The van der Waals surface area contributed by atoms with Crippen LogP contribution in [0, 0.1) is 11.7 Å². The summed E-state index contributed by atoms with van der Waals surface area (Å²) in [6.07, 6.45) is 0.441. The second-order valence-electron chi connectivity index (χ2n) is 8.43. The van der Waals surface area contributed by atoms with E-state index in [0.29, 0.717) is 29.1 Å². The van der Waals surface area contributed by atoms with Gasteiger partial charge in [0.15, 0.2) is 0 Å². The van der Waals surface area contributed by atoms with Crippen molar-refractivity contribution in [3.63, 3.8) is 0 Å². The first-order valence-corrected chi connectivity index (χ1v) is 10.6. The zero-order chi connectivity index (χ0) is 23.4. The molecular formula is C25H28FN3O3. The van der Waals surface area contributed by atoms with Gasteiger partial charge in [0.05, 0.1) is 16.9 Å². The van der Waals surface area contributed by atoms with Gasteiger partial charge in [-0.15, -0.1) is 0 Å². The zero-order valence-electron chi connectivity index (χ0n) is 19.0. The lowest BCUT2D eigenvalue weighted by molar-refractivity contribution is -0.132. The highest BCUT2D eigenvalue weighted by atomic mass is 19.1. The Bertz CT molecular complexity index is 1120. The van der Waals surface area contributed by atoms with E-state index in [1.807, 2.05) is 39.8 Å². The number of nitrogens with one attached hydrogen (secondary N) is 1. The highest BCUT2D eigenvalue weighted by Crippen LogP contribution is 2.39. The van der Waals surface area contributed by atoms with Crippen LogP contribution in [0.15, 0.2) is 48.5 Å². The second-order valence-corrected chi connectivity index (χ2v) is 8.43. The van der Waals surface area contributed by atoms with Crippen molar-refractivity contribution in [1.82, 2.24) is 9.78 Å². The van der Waals surface area contributed by atoms with Crippen molar-refractivity contribution >= 4 is 17.6 Å². The number of esters is 1. The molecule has 1 N–H and O–H groups in total. The summed E-state index contributed by atoms with van der Waals surface area (Å²) in [7, 11) is 0. The molecule has 2 aromatic carbocycles. The van der Waals surface area contributed by atoms with Crippen LogP contribution in [0.25, 0.3) is 16.8 Å². The van der Waals surface area contributed by atoms with Gasteiger partial charge in [0, 0.05) is 19.0 Å². The van der Waals surface area contributed by atoms with E-state index in [1.165, 1.54) is 23.7 Å². The fourth-order valence-electron chi connectivity index (χ4n) is 3.41. The maximum Gasteiger partial charge on any atom is 0.309 e. The average molecular weight is 438 g/mol. The van der Waals surface area contributed by atoms with Gasteiger partial charge in [0.2, 0.25) is 11.8 Å². The van der Waals surface area contributed by atoms with E-state index < -0.39 is 11.8 Å². The number of carbonyl (C=O) groups is 2. The fourth-order valence-corrected chi connectivity index (χ4v) is 3.41. The SMILES string of the molecule is CC(=O)Oc1c(-c2ccc(NC(=O)CC(C)C)cc2)c(C(C)C)nn1-c1cccc(F)c1. The Balaban J connectivity index is 2.08. The Hall–Kier alpha value is -3.48. The van der Waals surface area contributed by atoms with Crippen molar-refractivity contribution in [3.8, 4) is 22.7 Å². The van der Waals surface area contributed by atoms with Crippen LogP contribution in [0.4, 0.5) is 10.1 Å². The van der Waals surface area contributed by atoms with E-state index in [4.69, 9.17) is 4.74 Å². The zero-order valence-corrected chi connectivity index (χ0v) is 19.0. The number of hydrogen-bond acceptors (Lipinski definition) is 4. The van der Waals surface area contributed by atoms with Gasteiger partial charge in [0.25, 0.3) is 0 Å². The normalized spacial score (nSPS) is 11.1. The summed E-state index contributed by atoms with van der Waals surface area (Å²) in [5, 5.41) is 7.54. The molecule has 0 aliphatic carbocycles. The van der Waals surface area contributed by atoms with Gasteiger partial charge in [-0.1, -0.05) is 45.9 Å². The van der Waals surface area contributed by atoms with Crippen LogP contribution in [0.1, 0.15) is 52.7 Å². The molecule has 6 nitrogen and oxygen atoms in total. The lowest BCUT2D eigenvalue weighted by atomic mass is 9.99. The Morgan fingerprint density at radius 3 is 2.34 bits per heavy atom. The minimum atomic E-state index is -0.503. The Morgan fingerprint density at radius 1 is 1.09 bits per heavy atom. The summed E-state index contributed by atoms with van der Waals surface area (Å²) >= 11 is 0. The van der Waals surface area contributed by atoms with Gasteiger partial charge in [0.1, 0.15) is 5.82 Å². The maximum atomic E-state index is 13.9. The average Bonchev–Trinajstić information content (AvgIpc) is 3.06. The van der Waals surface area contributed by atoms with Crippen LogP contribution in [-0.2, 0) is 9.59 Å². The standard InChI is InChI=1S/C25H28FN3O3/c1-15(2)13-22(31)27-20-11-9-18(10-12-20)23-24(16(3)4)28-29(25(23)32-17(5)30)21-8-6-7-19(26)14-21/h6-12,14-16H,13H2,1-5H3,(H,27,31). The molecule has 32 heavy (non-hydrogen) atoms. The molecule has 0 spiro atoms. The molecule has 0 saturated heterocycles. The minimum Gasteiger partial charge on any atom is -0.407 e. The quantitative estimate of drug-likeness (QED) is 0.481. The Labute approximate surface area is 187 Å². The summed E-state index contributed by atoms with van der Waals surface area (Å²) in [6.45, 7) is 9.26. The molecule has 7 heteroatoms. The monoisotopic (exact) mass is 437 g/mol. The molecule has 0 radical (unpaired) electrons. The summed E-state index contributed by atoms with van der Waals surface area (Å²) in [4.78, 5) is 24.0. The predicted octanol–water partition coefficient (Wildman–Crippen LogP) is 5.71. The lowest BCUT2D eigenvalue weighted by Gasteiger charge is -2.11. The molecule has 1 amide bonds. The number of amides is 1. The molecule has 0 aliphatic rings. The predicted molar refractivity (Wildman–Crippen MR) is 122 cm³/mol. The number of aromatic nitrogens is 2. The second kappa shape index (κ2) is 9.77. The largest absolute Gasteiger partial charge is 0.407 e. The Kier molecular flexibility index (Phi) is 7.08. The summed E-state index contributed by atoms with van der Waals surface area (Å²) in [6, 6.07) is 13.2. The van der Waals surface area contributed by atoms with Crippen LogP contribution in [0.3, 0.4) is 0 Å². The molecule has 168 valence electrons. The molecule has 3 rings (SSSR count). The maximum absolute atomic E-state index is 13.9. The van der Waals surface area contributed by atoms with Crippen LogP contribution in [0.5, 0.6) is 5.88 Å².